The Kier molecular flexibility index (Phi) is 14.3. The molecule has 178 valence electrons. The number of hydrogen-bond acceptors (Lipinski definition) is 8. The zero-order chi connectivity index (χ0) is 23.1. The van der Waals surface area contributed by atoms with Crippen LogP contribution in [0, 0.1) is 6.92 Å². The minimum Gasteiger partial charge on any atom is -0.490 e. The van der Waals surface area contributed by atoms with Crippen molar-refractivity contribution in [1.82, 2.24) is 0 Å². The zero-order valence-corrected chi connectivity index (χ0v) is 21.0. The Labute approximate surface area is 193 Å². The summed E-state index contributed by atoms with van der Waals surface area (Å²) in [6.45, 7) is 5.94. The van der Waals surface area contributed by atoms with E-state index in [1.165, 1.54) is 5.57 Å². The molecule has 0 aliphatic heterocycles. The first-order valence-electron chi connectivity index (χ1n) is 9.93. The van der Waals surface area contributed by atoms with E-state index in [1.807, 2.05) is 6.92 Å². The first-order chi connectivity index (χ1) is 15.0. The van der Waals surface area contributed by atoms with Crippen molar-refractivity contribution in [2.45, 2.75) is 20.3 Å². The molecule has 0 aliphatic carbocycles. The summed E-state index contributed by atoms with van der Waals surface area (Å²) in [6, 6.07) is 0. The van der Waals surface area contributed by atoms with Gasteiger partial charge in [-0.2, -0.15) is 0 Å². The van der Waals surface area contributed by atoms with Crippen molar-refractivity contribution in [2.24, 2.45) is 0 Å². The second kappa shape index (κ2) is 16.2. The van der Waals surface area contributed by atoms with Crippen LogP contribution in [0.5, 0.6) is 23.0 Å². The zero-order valence-electron chi connectivity index (χ0n) is 19.4. The maximum atomic E-state index is 5.98. The van der Waals surface area contributed by atoms with Crippen molar-refractivity contribution in [3.05, 3.63) is 22.8 Å². The van der Waals surface area contributed by atoms with Crippen LogP contribution >= 0.6 is 15.9 Å². The molecule has 0 heterocycles. The van der Waals surface area contributed by atoms with Crippen LogP contribution in [0.2, 0.25) is 0 Å². The Morgan fingerprint density at radius 2 is 1.29 bits per heavy atom. The molecule has 1 aromatic rings. The van der Waals surface area contributed by atoms with Gasteiger partial charge < -0.3 is 37.9 Å². The van der Waals surface area contributed by atoms with Gasteiger partial charge in [0.25, 0.3) is 0 Å². The fourth-order valence-electron chi connectivity index (χ4n) is 2.70. The predicted octanol–water partition coefficient (Wildman–Crippen LogP) is 3.89. The quantitative estimate of drug-likeness (QED) is 0.136. The Balaban J connectivity index is 3.28. The topological polar surface area (TPSA) is 73.8 Å². The molecule has 31 heavy (non-hydrogen) atoms. The van der Waals surface area contributed by atoms with Crippen molar-refractivity contribution < 1.29 is 37.9 Å². The minimum absolute atomic E-state index is 0.0524. The van der Waals surface area contributed by atoms with E-state index in [0.29, 0.717) is 55.8 Å². The molecule has 0 N–H and O–H groups in total. The van der Waals surface area contributed by atoms with Gasteiger partial charge in [0.2, 0.25) is 11.5 Å². The van der Waals surface area contributed by atoms with Crippen LogP contribution in [0.3, 0.4) is 0 Å². The molecule has 1 aromatic carbocycles. The van der Waals surface area contributed by atoms with Crippen molar-refractivity contribution in [3.63, 3.8) is 0 Å². The molecular weight excluding hydrogens is 472 g/mol. The van der Waals surface area contributed by atoms with Gasteiger partial charge in [0.15, 0.2) is 25.1 Å². The number of halogens is 1. The highest BCUT2D eigenvalue weighted by Gasteiger charge is 2.26. The largest absolute Gasteiger partial charge is 0.490 e. The van der Waals surface area contributed by atoms with Crippen molar-refractivity contribution >= 4 is 15.9 Å². The first kappa shape index (κ1) is 27.5. The fraction of sp³-hybridized carbons (Fsp3) is 0.636. The van der Waals surface area contributed by atoms with Crippen molar-refractivity contribution in [1.29, 1.82) is 0 Å². The Morgan fingerprint density at radius 1 is 0.774 bits per heavy atom. The van der Waals surface area contributed by atoms with E-state index in [9.17, 15) is 0 Å². The molecule has 0 fully saturated rings. The SMILES string of the molecule is COCCOCOc1c(C)c(C/C=C(\C)CBr)c(OCOCCOC)c(OC)c1OC. The van der Waals surface area contributed by atoms with E-state index in [1.54, 1.807) is 28.4 Å². The van der Waals surface area contributed by atoms with Crippen molar-refractivity contribution in [3.8, 4) is 23.0 Å². The molecule has 0 unspecified atom stereocenters. The number of ether oxygens (including phenoxy) is 8. The van der Waals surface area contributed by atoms with Gasteiger partial charge in [-0.05, 0) is 20.3 Å². The van der Waals surface area contributed by atoms with E-state index >= 15 is 0 Å². The van der Waals surface area contributed by atoms with E-state index in [4.69, 9.17) is 37.9 Å². The number of rotatable bonds is 17. The van der Waals surface area contributed by atoms with E-state index < -0.39 is 0 Å². The van der Waals surface area contributed by atoms with Gasteiger partial charge in [-0.25, -0.2) is 0 Å². The summed E-state index contributed by atoms with van der Waals surface area (Å²) in [6.07, 6.45) is 2.75. The predicted molar refractivity (Wildman–Crippen MR) is 122 cm³/mol. The molecule has 0 saturated carbocycles. The number of allylic oxidation sites excluding steroid dienone is 2. The summed E-state index contributed by atoms with van der Waals surface area (Å²) >= 11 is 3.48. The van der Waals surface area contributed by atoms with E-state index in [0.717, 1.165) is 16.5 Å². The monoisotopic (exact) mass is 506 g/mol. The summed E-state index contributed by atoms with van der Waals surface area (Å²) in [5.41, 5.74) is 2.99. The molecule has 0 atom stereocenters. The third-order valence-corrected chi connectivity index (χ3v) is 5.28. The summed E-state index contributed by atoms with van der Waals surface area (Å²) in [5, 5.41) is 0.784. The molecule has 0 saturated heterocycles. The van der Waals surface area contributed by atoms with Crippen LogP contribution in [0.1, 0.15) is 18.1 Å². The molecular formula is C22H35BrO8. The normalized spacial score (nSPS) is 11.5. The Hall–Kier alpha value is -1.52. The fourth-order valence-corrected chi connectivity index (χ4v) is 2.93. The standard InChI is InChI=1S/C22H35BrO8/c1-16(13-23)7-8-18-17(2)19(30-14-28-11-9-24-3)21(26-5)22(27-6)20(18)31-15-29-12-10-25-4/h7H,8-15H2,1-6H3/b16-7+. The van der Waals surface area contributed by atoms with E-state index in [-0.39, 0.29) is 13.6 Å². The van der Waals surface area contributed by atoms with Gasteiger partial charge in [0, 0.05) is 30.7 Å². The molecule has 8 nitrogen and oxygen atoms in total. The summed E-state index contributed by atoms with van der Waals surface area (Å²) < 4.78 is 44.1. The lowest BCUT2D eigenvalue weighted by Crippen LogP contribution is -2.13. The van der Waals surface area contributed by atoms with Crippen LogP contribution in [0.15, 0.2) is 11.6 Å². The highest BCUT2D eigenvalue weighted by atomic mass is 79.9. The van der Waals surface area contributed by atoms with Gasteiger partial charge in [-0.3, -0.25) is 0 Å². The third kappa shape index (κ3) is 8.86. The van der Waals surface area contributed by atoms with Gasteiger partial charge in [-0.1, -0.05) is 27.6 Å². The Morgan fingerprint density at radius 3 is 1.77 bits per heavy atom. The highest BCUT2D eigenvalue weighted by Crippen LogP contribution is 2.49. The summed E-state index contributed by atoms with van der Waals surface area (Å²) in [4.78, 5) is 0. The van der Waals surface area contributed by atoms with Crippen LogP contribution in [0.25, 0.3) is 0 Å². The second-order valence-corrected chi connectivity index (χ2v) is 7.10. The van der Waals surface area contributed by atoms with Crippen LogP contribution in [0.4, 0.5) is 0 Å². The van der Waals surface area contributed by atoms with Gasteiger partial charge >= 0.3 is 0 Å². The second-order valence-electron chi connectivity index (χ2n) is 6.54. The molecule has 9 heteroatoms. The maximum Gasteiger partial charge on any atom is 0.207 e. The maximum absolute atomic E-state index is 5.98. The molecule has 0 radical (unpaired) electrons. The average Bonchev–Trinajstić information content (AvgIpc) is 2.78. The molecule has 1 rings (SSSR count). The van der Waals surface area contributed by atoms with Crippen LogP contribution < -0.4 is 18.9 Å². The first-order valence-corrected chi connectivity index (χ1v) is 11.1. The van der Waals surface area contributed by atoms with Gasteiger partial charge in [0.05, 0.1) is 40.6 Å². The molecule has 0 spiro atoms. The van der Waals surface area contributed by atoms with Crippen molar-refractivity contribution in [2.75, 3.05) is 73.8 Å². The lowest BCUT2D eigenvalue weighted by molar-refractivity contribution is -0.0124. The summed E-state index contributed by atoms with van der Waals surface area (Å²) in [7, 11) is 6.36. The lowest BCUT2D eigenvalue weighted by atomic mass is 10.0. The number of alkyl halides is 1. The number of methoxy groups -OCH3 is 4. The molecule has 0 aromatic heterocycles. The minimum atomic E-state index is 0.0524. The van der Waals surface area contributed by atoms with Crippen LogP contribution in [-0.4, -0.2) is 73.8 Å². The molecule has 0 amide bonds. The van der Waals surface area contributed by atoms with E-state index in [2.05, 4.69) is 28.9 Å². The van der Waals surface area contributed by atoms with Gasteiger partial charge in [0.1, 0.15) is 0 Å². The molecule has 0 bridgehead atoms. The van der Waals surface area contributed by atoms with Gasteiger partial charge in [-0.15, -0.1) is 0 Å². The lowest BCUT2D eigenvalue weighted by Gasteiger charge is -2.23. The third-order valence-electron chi connectivity index (χ3n) is 4.40. The highest BCUT2D eigenvalue weighted by molar-refractivity contribution is 9.09. The number of benzene rings is 1. The average molecular weight is 507 g/mol. The Bertz CT molecular complexity index is 678. The smallest absolute Gasteiger partial charge is 0.207 e. The van der Waals surface area contributed by atoms with Crippen LogP contribution in [-0.2, 0) is 25.4 Å². The molecule has 0 aliphatic rings. The summed E-state index contributed by atoms with van der Waals surface area (Å²) in [5.74, 6) is 1.98. The number of hydrogen-bond donors (Lipinski definition) is 0.